The summed E-state index contributed by atoms with van der Waals surface area (Å²) in [4.78, 5) is 20.6. The van der Waals surface area contributed by atoms with Crippen LogP contribution in [0.25, 0.3) is 0 Å². The lowest BCUT2D eigenvalue weighted by atomic mass is 10.1. The van der Waals surface area contributed by atoms with E-state index in [2.05, 4.69) is 20.6 Å². The predicted octanol–water partition coefficient (Wildman–Crippen LogP) is 3.19. The molecule has 2 atom stereocenters. The molecular weight excluding hydrogens is 387 g/mol. The van der Waals surface area contributed by atoms with Crippen molar-refractivity contribution in [1.82, 2.24) is 9.97 Å². The van der Waals surface area contributed by atoms with Crippen molar-refractivity contribution >= 4 is 17.4 Å². The van der Waals surface area contributed by atoms with Gasteiger partial charge in [0, 0.05) is 30.5 Å². The molecule has 1 aromatic carbocycles. The van der Waals surface area contributed by atoms with Crippen molar-refractivity contribution < 1.29 is 23.1 Å². The number of nitrogens with one attached hydrogen (secondary N) is 2. The van der Waals surface area contributed by atoms with E-state index in [0.717, 1.165) is 25.3 Å². The van der Waals surface area contributed by atoms with Gasteiger partial charge in [-0.05, 0) is 31.0 Å². The average Bonchev–Trinajstić information content (AvgIpc) is 3.10. The van der Waals surface area contributed by atoms with Gasteiger partial charge in [-0.2, -0.15) is 18.4 Å². The quantitative estimate of drug-likeness (QED) is 0.705. The number of halogens is 3. The Hall–Kier alpha value is -3.19. The van der Waals surface area contributed by atoms with Crippen LogP contribution in [0.1, 0.15) is 40.9 Å². The molecule has 1 heterocycles. The number of benzene rings is 1. The lowest BCUT2D eigenvalue weighted by molar-refractivity contribution is -0.137. The van der Waals surface area contributed by atoms with Crippen molar-refractivity contribution in [3.63, 3.8) is 0 Å². The van der Waals surface area contributed by atoms with Crippen LogP contribution >= 0.6 is 0 Å². The standard InChI is InChI=1S/C19H18F3N5O2/c20-19(21,22)14-8-13(5-4-11(14)9-23)27-18(29)16-17(25-7-6-24-16)26-10-12-2-1-3-15(12)28/h4-8,12,15,28H,1-3,10H2,(H,25,26)(H,27,29)/t12-,15-/m0/s1. The molecule has 1 aliphatic carbocycles. The fraction of sp³-hybridized carbons (Fsp3) is 0.368. The number of aliphatic hydroxyl groups excluding tert-OH is 1. The highest BCUT2D eigenvalue weighted by Gasteiger charge is 2.34. The summed E-state index contributed by atoms with van der Waals surface area (Å²) in [5, 5.41) is 24.1. The molecule has 1 fully saturated rings. The first-order chi connectivity index (χ1) is 13.8. The topological polar surface area (TPSA) is 111 Å². The van der Waals surface area contributed by atoms with Gasteiger partial charge < -0.3 is 15.7 Å². The summed E-state index contributed by atoms with van der Waals surface area (Å²) in [6.07, 6.45) is 0.0187. The van der Waals surface area contributed by atoms with Crippen molar-refractivity contribution in [2.45, 2.75) is 31.5 Å². The van der Waals surface area contributed by atoms with E-state index >= 15 is 0 Å². The monoisotopic (exact) mass is 405 g/mol. The minimum atomic E-state index is -4.73. The van der Waals surface area contributed by atoms with Crippen molar-refractivity contribution in [3.05, 3.63) is 47.4 Å². The highest BCUT2D eigenvalue weighted by atomic mass is 19.4. The number of hydrogen-bond acceptors (Lipinski definition) is 6. The van der Waals surface area contributed by atoms with Crippen LogP contribution in [0.5, 0.6) is 0 Å². The van der Waals surface area contributed by atoms with Gasteiger partial charge in [-0.25, -0.2) is 9.97 Å². The first kappa shape index (κ1) is 20.5. The highest BCUT2D eigenvalue weighted by molar-refractivity contribution is 6.06. The summed E-state index contributed by atoms with van der Waals surface area (Å²) < 4.78 is 39.3. The highest BCUT2D eigenvalue weighted by Crippen LogP contribution is 2.33. The molecule has 1 aromatic heterocycles. The van der Waals surface area contributed by atoms with Crippen LogP contribution in [0.4, 0.5) is 24.7 Å². The summed E-state index contributed by atoms with van der Waals surface area (Å²) in [7, 11) is 0. The molecule has 0 spiro atoms. The number of hydrogen-bond donors (Lipinski definition) is 3. The van der Waals surface area contributed by atoms with Crippen LogP contribution in [0, 0.1) is 17.2 Å². The Morgan fingerprint density at radius 1 is 1.28 bits per heavy atom. The van der Waals surface area contributed by atoms with E-state index in [1.165, 1.54) is 24.5 Å². The molecule has 0 aliphatic heterocycles. The Morgan fingerprint density at radius 2 is 2.03 bits per heavy atom. The van der Waals surface area contributed by atoms with Gasteiger partial charge in [0.15, 0.2) is 11.5 Å². The third-order valence-electron chi connectivity index (χ3n) is 4.77. The maximum absolute atomic E-state index is 13.1. The average molecular weight is 405 g/mol. The molecule has 29 heavy (non-hydrogen) atoms. The Morgan fingerprint density at radius 3 is 2.69 bits per heavy atom. The molecule has 0 radical (unpaired) electrons. The molecule has 3 N–H and O–H groups in total. The molecule has 1 amide bonds. The zero-order valence-electron chi connectivity index (χ0n) is 15.2. The van der Waals surface area contributed by atoms with E-state index < -0.39 is 29.3 Å². The van der Waals surface area contributed by atoms with Crippen LogP contribution in [0.15, 0.2) is 30.6 Å². The van der Waals surface area contributed by atoms with E-state index in [4.69, 9.17) is 5.26 Å². The Labute approximate surface area is 164 Å². The molecule has 0 unspecified atom stereocenters. The number of carbonyl (C=O) groups excluding carboxylic acids is 1. The fourth-order valence-electron chi connectivity index (χ4n) is 3.26. The van der Waals surface area contributed by atoms with E-state index in [1.807, 2.05) is 0 Å². The molecule has 0 bridgehead atoms. The first-order valence-corrected chi connectivity index (χ1v) is 8.95. The van der Waals surface area contributed by atoms with Crippen molar-refractivity contribution in [3.8, 4) is 6.07 Å². The fourth-order valence-corrected chi connectivity index (χ4v) is 3.26. The molecule has 1 saturated carbocycles. The van der Waals surface area contributed by atoms with Crippen LogP contribution in [-0.2, 0) is 6.18 Å². The number of nitrogens with zero attached hydrogens (tertiary/aromatic N) is 3. The zero-order valence-corrected chi connectivity index (χ0v) is 15.2. The number of nitriles is 1. The number of aromatic nitrogens is 2. The van der Waals surface area contributed by atoms with E-state index in [-0.39, 0.29) is 23.1 Å². The van der Waals surface area contributed by atoms with Crippen molar-refractivity contribution in [1.29, 1.82) is 5.26 Å². The first-order valence-electron chi connectivity index (χ1n) is 8.95. The van der Waals surface area contributed by atoms with Crippen LogP contribution in [-0.4, -0.2) is 33.6 Å². The lowest BCUT2D eigenvalue weighted by Crippen LogP contribution is -2.24. The summed E-state index contributed by atoms with van der Waals surface area (Å²) in [5.74, 6) is -0.542. The van der Waals surface area contributed by atoms with Gasteiger partial charge in [-0.1, -0.05) is 6.42 Å². The zero-order chi connectivity index (χ0) is 21.0. The molecule has 3 rings (SSSR count). The van der Waals surface area contributed by atoms with Gasteiger partial charge >= 0.3 is 6.18 Å². The lowest BCUT2D eigenvalue weighted by Gasteiger charge is -2.17. The summed E-state index contributed by atoms with van der Waals surface area (Å²) in [5.41, 5.74) is -1.87. The molecule has 2 aromatic rings. The summed E-state index contributed by atoms with van der Waals surface area (Å²) in [6.45, 7) is 0.398. The molecular formula is C19H18F3N5O2. The van der Waals surface area contributed by atoms with Gasteiger partial charge in [0.1, 0.15) is 0 Å². The van der Waals surface area contributed by atoms with Gasteiger partial charge in [0.25, 0.3) is 5.91 Å². The number of anilines is 2. The van der Waals surface area contributed by atoms with Gasteiger partial charge in [-0.3, -0.25) is 4.79 Å². The third kappa shape index (κ3) is 4.81. The van der Waals surface area contributed by atoms with Crippen molar-refractivity contribution in [2.24, 2.45) is 5.92 Å². The molecule has 1 aliphatic rings. The van der Waals surface area contributed by atoms with Crippen LogP contribution < -0.4 is 10.6 Å². The number of amides is 1. The second kappa shape index (κ2) is 8.45. The number of rotatable bonds is 5. The minimum Gasteiger partial charge on any atom is -0.393 e. The maximum atomic E-state index is 13.1. The Kier molecular flexibility index (Phi) is 5.98. The predicted molar refractivity (Wildman–Crippen MR) is 98.0 cm³/mol. The maximum Gasteiger partial charge on any atom is 0.417 e. The minimum absolute atomic E-state index is 0.0285. The van der Waals surface area contributed by atoms with Gasteiger partial charge in [-0.15, -0.1) is 0 Å². The number of carbonyl (C=O) groups is 1. The summed E-state index contributed by atoms with van der Waals surface area (Å²) >= 11 is 0. The Bertz CT molecular complexity index is 942. The largest absolute Gasteiger partial charge is 0.417 e. The SMILES string of the molecule is N#Cc1ccc(NC(=O)c2nccnc2NC[C@@H]2CCC[C@@H]2O)cc1C(F)(F)F. The van der Waals surface area contributed by atoms with Crippen LogP contribution in [0.3, 0.4) is 0 Å². The van der Waals surface area contributed by atoms with Gasteiger partial charge in [0.05, 0.1) is 23.3 Å². The number of alkyl halides is 3. The second-order valence-corrected chi connectivity index (χ2v) is 6.72. The van der Waals surface area contributed by atoms with E-state index in [9.17, 15) is 23.1 Å². The third-order valence-corrected chi connectivity index (χ3v) is 4.77. The molecule has 0 saturated heterocycles. The normalized spacial score (nSPS) is 18.9. The molecule has 10 heteroatoms. The van der Waals surface area contributed by atoms with E-state index in [1.54, 1.807) is 0 Å². The van der Waals surface area contributed by atoms with E-state index in [0.29, 0.717) is 12.6 Å². The Balaban J connectivity index is 1.77. The molecule has 7 nitrogen and oxygen atoms in total. The van der Waals surface area contributed by atoms with Gasteiger partial charge in [0.2, 0.25) is 0 Å². The smallest absolute Gasteiger partial charge is 0.393 e. The molecule has 152 valence electrons. The van der Waals surface area contributed by atoms with Crippen LogP contribution in [0.2, 0.25) is 0 Å². The number of aliphatic hydroxyl groups is 1. The van der Waals surface area contributed by atoms with Crippen molar-refractivity contribution in [2.75, 3.05) is 17.2 Å². The summed E-state index contributed by atoms with van der Waals surface area (Å²) in [6, 6.07) is 4.40. The second-order valence-electron chi connectivity index (χ2n) is 6.72.